The second-order valence-corrected chi connectivity index (χ2v) is 4.78. The average molecular weight is 269 g/mol. The second-order valence-electron chi connectivity index (χ2n) is 3.83. The monoisotopic (exact) mass is 269 g/mol. The number of hydrogen-bond acceptors (Lipinski definition) is 4. The molecule has 1 aromatic heterocycles. The number of nitrogens with two attached hydrogens (primary N) is 1. The van der Waals surface area contributed by atoms with E-state index in [1.807, 2.05) is 11.4 Å². The van der Waals surface area contributed by atoms with Gasteiger partial charge in [0.15, 0.2) is 0 Å². The Morgan fingerprint density at radius 1 is 1.22 bits per heavy atom. The van der Waals surface area contributed by atoms with Gasteiger partial charge in [0.2, 0.25) is 5.91 Å². The van der Waals surface area contributed by atoms with E-state index in [-0.39, 0.29) is 11.8 Å². The van der Waals surface area contributed by atoms with Crippen LogP contribution in [-0.2, 0) is 4.79 Å². The molecule has 0 fully saturated rings. The molecule has 0 aliphatic heterocycles. The van der Waals surface area contributed by atoms with Crippen molar-refractivity contribution >= 4 is 23.2 Å². The lowest BCUT2D eigenvalue weighted by Crippen LogP contribution is -2.31. The van der Waals surface area contributed by atoms with Gasteiger partial charge in [-0.1, -0.05) is 6.07 Å². The van der Waals surface area contributed by atoms with Crippen LogP contribution < -0.4 is 16.4 Å². The Labute approximate surface area is 111 Å². The summed E-state index contributed by atoms with van der Waals surface area (Å²) in [4.78, 5) is 23.6. The molecule has 18 heavy (non-hydrogen) atoms. The Balaban J connectivity index is 2.07. The van der Waals surface area contributed by atoms with Crippen molar-refractivity contribution in [3.63, 3.8) is 0 Å². The Morgan fingerprint density at radius 2 is 2.06 bits per heavy atom. The average Bonchev–Trinajstić information content (AvgIpc) is 2.88. The third kappa shape index (κ3) is 5.79. The van der Waals surface area contributed by atoms with E-state index >= 15 is 0 Å². The predicted molar refractivity (Wildman–Crippen MR) is 72.6 cm³/mol. The molecule has 0 aromatic carbocycles. The molecule has 100 valence electrons. The Bertz CT molecular complexity index is 365. The summed E-state index contributed by atoms with van der Waals surface area (Å²) < 4.78 is 0. The van der Waals surface area contributed by atoms with E-state index in [0.717, 1.165) is 12.8 Å². The van der Waals surface area contributed by atoms with Crippen LogP contribution in [0.4, 0.5) is 0 Å². The van der Waals surface area contributed by atoms with E-state index < -0.39 is 0 Å². The van der Waals surface area contributed by atoms with Gasteiger partial charge in [0.1, 0.15) is 0 Å². The SMILES string of the molecule is NCCCCNC(=O)CCNC(=O)c1cccs1. The zero-order valence-electron chi connectivity index (χ0n) is 10.3. The molecule has 5 nitrogen and oxygen atoms in total. The summed E-state index contributed by atoms with van der Waals surface area (Å²) in [5.74, 6) is -0.167. The van der Waals surface area contributed by atoms with Gasteiger partial charge in [-0.25, -0.2) is 0 Å². The second kappa shape index (κ2) is 8.66. The lowest BCUT2D eigenvalue weighted by Gasteiger charge is -2.05. The van der Waals surface area contributed by atoms with Gasteiger partial charge < -0.3 is 16.4 Å². The molecule has 0 atom stereocenters. The molecular weight excluding hydrogens is 250 g/mol. The number of thiophene rings is 1. The van der Waals surface area contributed by atoms with Gasteiger partial charge in [-0.2, -0.15) is 0 Å². The fraction of sp³-hybridized carbons (Fsp3) is 0.500. The van der Waals surface area contributed by atoms with E-state index in [0.29, 0.717) is 30.9 Å². The predicted octanol–water partition coefficient (Wildman–Crippen LogP) is 0.723. The molecule has 0 unspecified atom stereocenters. The van der Waals surface area contributed by atoms with Crippen LogP contribution in [0.25, 0.3) is 0 Å². The lowest BCUT2D eigenvalue weighted by molar-refractivity contribution is -0.120. The van der Waals surface area contributed by atoms with Crippen LogP contribution >= 0.6 is 11.3 Å². The zero-order valence-corrected chi connectivity index (χ0v) is 11.1. The molecule has 2 amide bonds. The summed E-state index contributed by atoms with van der Waals surface area (Å²) >= 11 is 1.38. The third-order valence-corrected chi connectivity index (χ3v) is 3.20. The normalized spacial score (nSPS) is 10.1. The summed E-state index contributed by atoms with van der Waals surface area (Å²) in [6, 6.07) is 3.58. The summed E-state index contributed by atoms with van der Waals surface area (Å²) in [6.45, 7) is 1.65. The van der Waals surface area contributed by atoms with Gasteiger partial charge in [-0.3, -0.25) is 9.59 Å². The lowest BCUT2D eigenvalue weighted by atomic mass is 10.3. The standard InChI is InChI=1S/C12H19N3O2S/c13-6-1-2-7-14-11(16)5-8-15-12(17)10-4-3-9-18-10/h3-4,9H,1-2,5-8,13H2,(H,14,16)(H,15,17). The van der Waals surface area contributed by atoms with Crippen molar-refractivity contribution in [1.29, 1.82) is 0 Å². The minimum absolute atomic E-state index is 0.0431. The van der Waals surface area contributed by atoms with Crippen LogP contribution in [0.15, 0.2) is 17.5 Å². The molecule has 0 aliphatic carbocycles. The molecule has 0 saturated carbocycles. The topological polar surface area (TPSA) is 84.2 Å². The summed E-state index contributed by atoms with van der Waals surface area (Å²) in [6.07, 6.45) is 2.11. The first-order chi connectivity index (χ1) is 8.74. The van der Waals surface area contributed by atoms with Gasteiger partial charge in [0.25, 0.3) is 5.91 Å². The summed E-state index contributed by atoms with van der Waals surface area (Å²) in [7, 11) is 0. The molecule has 4 N–H and O–H groups in total. The highest BCUT2D eigenvalue weighted by Gasteiger charge is 2.06. The number of unbranched alkanes of at least 4 members (excludes halogenated alkanes) is 1. The molecule has 1 heterocycles. The zero-order chi connectivity index (χ0) is 13.2. The van der Waals surface area contributed by atoms with E-state index in [2.05, 4.69) is 10.6 Å². The van der Waals surface area contributed by atoms with Crippen LogP contribution in [0.1, 0.15) is 28.9 Å². The summed E-state index contributed by atoms with van der Waals surface area (Å²) in [5.41, 5.74) is 5.35. The van der Waals surface area contributed by atoms with Crippen LogP contribution in [-0.4, -0.2) is 31.4 Å². The van der Waals surface area contributed by atoms with Crippen molar-refractivity contribution in [1.82, 2.24) is 10.6 Å². The number of carbonyl (C=O) groups is 2. The van der Waals surface area contributed by atoms with Crippen molar-refractivity contribution in [2.75, 3.05) is 19.6 Å². The number of rotatable bonds is 8. The van der Waals surface area contributed by atoms with E-state index in [1.165, 1.54) is 11.3 Å². The van der Waals surface area contributed by atoms with Crippen molar-refractivity contribution in [2.45, 2.75) is 19.3 Å². The molecule has 0 saturated heterocycles. The fourth-order valence-corrected chi connectivity index (χ4v) is 2.01. The van der Waals surface area contributed by atoms with Crippen molar-refractivity contribution in [3.05, 3.63) is 22.4 Å². The summed E-state index contributed by atoms with van der Waals surface area (Å²) in [5, 5.41) is 7.34. The first-order valence-electron chi connectivity index (χ1n) is 6.02. The number of carbonyl (C=O) groups excluding carboxylic acids is 2. The van der Waals surface area contributed by atoms with Gasteiger partial charge in [-0.15, -0.1) is 11.3 Å². The number of nitrogens with one attached hydrogen (secondary N) is 2. The molecule has 1 rings (SSSR count). The van der Waals surface area contributed by atoms with Crippen molar-refractivity contribution in [3.8, 4) is 0 Å². The van der Waals surface area contributed by atoms with E-state index in [1.54, 1.807) is 6.07 Å². The Morgan fingerprint density at radius 3 is 2.72 bits per heavy atom. The van der Waals surface area contributed by atoms with Crippen LogP contribution in [0, 0.1) is 0 Å². The maximum atomic E-state index is 11.5. The first-order valence-corrected chi connectivity index (χ1v) is 6.90. The van der Waals surface area contributed by atoms with E-state index in [9.17, 15) is 9.59 Å². The fourth-order valence-electron chi connectivity index (χ4n) is 1.37. The number of hydrogen-bond donors (Lipinski definition) is 3. The van der Waals surface area contributed by atoms with Gasteiger partial charge in [0.05, 0.1) is 4.88 Å². The smallest absolute Gasteiger partial charge is 0.261 e. The minimum atomic E-state index is -0.124. The quantitative estimate of drug-likeness (QED) is 0.608. The Hall–Kier alpha value is -1.40. The molecular formula is C12H19N3O2S. The Kier molecular flexibility index (Phi) is 7.05. The van der Waals surface area contributed by atoms with Crippen molar-refractivity contribution < 1.29 is 9.59 Å². The maximum Gasteiger partial charge on any atom is 0.261 e. The van der Waals surface area contributed by atoms with Crippen molar-refractivity contribution in [2.24, 2.45) is 5.73 Å². The third-order valence-electron chi connectivity index (χ3n) is 2.34. The van der Waals surface area contributed by atoms with Crippen LogP contribution in [0.2, 0.25) is 0 Å². The highest BCUT2D eigenvalue weighted by atomic mass is 32.1. The van der Waals surface area contributed by atoms with E-state index in [4.69, 9.17) is 5.73 Å². The highest BCUT2D eigenvalue weighted by Crippen LogP contribution is 2.07. The van der Waals surface area contributed by atoms with Crippen LogP contribution in [0.5, 0.6) is 0 Å². The molecule has 6 heteroatoms. The van der Waals surface area contributed by atoms with Crippen LogP contribution in [0.3, 0.4) is 0 Å². The highest BCUT2D eigenvalue weighted by molar-refractivity contribution is 7.12. The van der Waals surface area contributed by atoms with Gasteiger partial charge in [0, 0.05) is 19.5 Å². The first kappa shape index (κ1) is 14.7. The molecule has 0 bridgehead atoms. The molecule has 0 radical (unpaired) electrons. The molecule has 1 aromatic rings. The number of amides is 2. The minimum Gasteiger partial charge on any atom is -0.356 e. The molecule has 0 aliphatic rings. The largest absolute Gasteiger partial charge is 0.356 e. The molecule has 0 spiro atoms. The van der Waals surface area contributed by atoms with Gasteiger partial charge >= 0.3 is 0 Å². The maximum absolute atomic E-state index is 11.5. The van der Waals surface area contributed by atoms with Gasteiger partial charge in [-0.05, 0) is 30.8 Å².